The quantitative estimate of drug-likeness (QED) is 0.797. The van der Waals surface area contributed by atoms with Gasteiger partial charge in [0.25, 0.3) is 0 Å². The van der Waals surface area contributed by atoms with E-state index in [1.807, 2.05) is 0 Å². The molecule has 1 aromatic carbocycles. The van der Waals surface area contributed by atoms with Crippen molar-refractivity contribution < 1.29 is 4.74 Å². The van der Waals surface area contributed by atoms with Crippen LogP contribution in [-0.2, 0) is 17.8 Å². The van der Waals surface area contributed by atoms with Crippen LogP contribution in [0.15, 0.2) is 24.3 Å². The summed E-state index contributed by atoms with van der Waals surface area (Å²) >= 11 is 0. The Hall–Kier alpha value is -0.900. The van der Waals surface area contributed by atoms with Crippen molar-refractivity contribution in [1.82, 2.24) is 10.2 Å². The Morgan fingerprint density at radius 2 is 1.95 bits per heavy atom. The summed E-state index contributed by atoms with van der Waals surface area (Å²) < 4.78 is 5.26. The van der Waals surface area contributed by atoms with Crippen molar-refractivity contribution in [2.75, 3.05) is 33.4 Å². The molecule has 1 aromatic rings. The van der Waals surface area contributed by atoms with E-state index < -0.39 is 0 Å². The van der Waals surface area contributed by atoms with E-state index in [0.717, 1.165) is 32.2 Å². The van der Waals surface area contributed by atoms with Gasteiger partial charge in [-0.15, -0.1) is 0 Å². The van der Waals surface area contributed by atoms with Gasteiger partial charge >= 0.3 is 0 Å². The fourth-order valence-corrected chi connectivity index (χ4v) is 2.95. The Labute approximate surface area is 129 Å². The molecule has 0 radical (unpaired) electrons. The highest BCUT2D eigenvalue weighted by Gasteiger charge is 2.21. The number of rotatable bonds is 8. The van der Waals surface area contributed by atoms with Crippen molar-refractivity contribution in [2.45, 2.75) is 33.4 Å². The maximum atomic E-state index is 5.26. The molecule has 1 unspecified atom stereocenters. The lowest BCUT2D eigenvalue weighted by molar-refractivity contribution is 0.152. The minimum absolute atomic E-state index is 0.708. The molecule has 21 heavy (non-hydrogen) atoms. The standard InChI is InChI=1S/C18H30N2O/c1-15(2)10-19-11-16-4-6-17(7-5-16)12-20-9-8-18(13-20)14-21-3/h4-7,15,18-19H,8-14H2,1-3H3. The number of hydrogen-bond donors (Lipinski definition) is 1. The van der Waals surface area contributed by atoms with Crippen LogP contribution in [0.25, 0.3) is 0 Å². The van der Waals surface area contributed by atoms with Gasteiger partial charge in [0.1, 0.15) is 0 Å². The summed E-state index contributed by atoms with van der Waals surface area (Å²) in [6.45, 7) is 10.9. The molecular formula is C18H30N2O. The summed E-state index contributed by atoms with van der Waals surface area (Å²) in [6, 6.07) is 9.06. The average Bonchev–Trinajstić information content (AvgIpc) is 2.88. The lowest BCUT2D eigenvalue weighted by atomic mass is 10.1. The smallest absolute Gasteiger partial charge is 0.0503 e. The maximum absolute atomic E-state index is 5.26. The molecular weight excluding hydrogens is 260 g/mol. The fraction of sp³-hybridized carbons (Fsp3) is 0.667. The normalized spacial score (nSPS) is 19.5. The van der Waals surface area contributed by atoms with Gasteiger partial charge in [0, 0.05) is 26.7 Å². The third-order valence-corrected chi connectivity index (χ3v) is 4.08. The number of ether oxygens (including phenoxy) is 1. The molecule has 1 N–H and O–H groups in total. The van der Waals surface area contributed by atoms with Crippen LogP contribution >= 0.6 is 0 Å². The molecule has 2 rings (SSSR count). The van der Waals surface area contributed by atoms with Crippen molar-refractivity contribution in [3.63, 3.8) is 0 Å². The molecule has 1 aliphatic heterocycles. The van der Waals surface area contributed by atoms with E-state index in [2.05, 4.69) is 48.3 Å². The van der Waals surface area contributed by atoms with Crippen LogP contribution in [0.5, 0.6) is 0 Å². The van der Waals surface area contributed by atoms with Gasteiger partial charge in [0.05, 0.1) is 6.61 Å². The zero-order chi connectivity index (χ0) is 15.1. The molecule has 1 saturated heterocycles. The largest absolute Gasteiger partial charge is 0.384 e. The monoisotopic (exact) mass is 290 g/mol. The molecule has 1 heterocycles. The van der Waals surface area contributed by atoms with Crippen LogP contribution < -0.4 is 5.32 Å². The number of methoxy groups -OCH3 is 1. The Kier molecular flexibility index (Phi) is 6.68. The molecule has 1 aliphatic rings. The second-order valence-electron chi connectivity index (χ2n) is 6.69. The Morgan fingerprint density at radius 1 is 1.24 bits per heavy atom. The predicted octanol–water partition coefficient (Wildman–Crippen LogP) is 2.90. The molecule has 0 spiro atoms. The van der Waals surface area contributed by atoms with Crippen molar-refractivity contribution in [3.8, 4) is 0 Å². The zero-order valence-corrected chi connectivity index (χ0v) is 13.8. The van der Waals surface area contributed by atoms with Crippen LogP contribution in [0.2, 0.25) is 0 Å². The topological polar surface area (TPSA) is 24.5 Å². The van der Waals surface area contributed by atoms with Crippen molar-refractivity contribution >= 4 is 0 Å². The zero-order valence-electron chi connectivity index (χ0n) is 13.8. The van der Waals surface area contributed by atoms with Gasteiger partial charge in [-0.05, 0) is 42.5 Å². The van der Waals surface area contributed by atoms with E-state index in [-0.39, 0.29) is 0 Å². The second-order valence-corrected chi connectivity index (χ2v) is 6.69. The van der Waals surface area contributed by atoms with Crippen LogP contribution in [0, 0.1) is 11.8 Å². The van der Waals surface area contributed by atoms with Crippen molar-refractivity contribution in [1.29, 1.82) is 0 Å². The highest BCUT2D eigenvalue weighted by Crippen LogP contribution is 2.19. The van der Waals surface area contributed by atoms with E-state index in [1.165, 1.54) is 30.6 Å². The molecule has 0 aromatic heterocycles. The van der Waals surface area contributed by atoms with Gasteiger partial charge < -0.3 is 10.1 Å². The molecule has 3 heteroatoms. The first-order chi connectivity index (χ1) is 10.2. The molecule has 0 amide bonds. The minimum Gasteiger partial charge on any atom is -0.384 e. The summed E-state index contributed by atoms with van der Waals surface area (Å²) in [6.07, 6.45) is 1.27. The van der Waals surface area contributed by atoms with Gasteiger partial charge in [0.15, 0.2) is 0 Å². The SMILES string of the molecule is COCC1CCN(Cc2ccc(CNCC(C)C)cc2)C1. The molecule has 3 nitrogen and oxygen atoms in total. The number of nitrogens with one attached hydrogen (secondary N) is 1. The Balaban J connectivity index is 1.75. The van der Waals surface area contributed by atoms with E-state index in [4.69, 9.17) is 4.74 Å². The predicted molar refractivity (Wildman–Crippen MR) is 88.2 cm³/mol. The highest BCUT2D eigenvalue weighted by atomic mass is 16.5. The molecule has 1 fully saturated rings. The first-order valence-electron chi connectivity index (χ1n) is 8.17. The van der Waals surface area contributed by atoms with E-state index in [9.17, 15) is 0 Å². The molecule has 118 valence electrons. The van der Waals surface area contributed by atoms with Crippen molar-refractivity contribution in [2.24, 2.45) is 11.8 Å². The van der Waals surface area contributed by atoms with Gasteiger partial charge in [-0.3, -0.25) is 4.90 Å². The van der Waals surface area contributed by atoms with E-state index in [1.54, 1.807) is 7.11 Å². The Morgan fingerprint density at radius 3 is 2.62 bits per heavy atom. The molecule has 0 aliphatic carbocycles. The van der Waals surface area contributed by atoms with Gasteiger partial charge in [0.2, 0.25) is 0 Å². The number of nitrogens with zero attached hydrogens (tertiary/aromatic N) is 1. The van der Waals surface area contributed by atoms with E-state index in [0.29, 0.717) is 5.92 Å². The first kappa shape index (κ1) is 16.5. The van der Waals surface area contributed by atoms with Gasteiger partial charge in [-0.1, -0.05) is 38.1 Å². The third kappa shape index (κ3) is 5.77. The van der Waals surface area contributed by atoms with Crippen molar-refractivity contribution in [3.05, 3.63) is 35.4 Å². The first-order valence-corrected chi connectivity index (χ1v) is 8.17. The minimum atomic E-state index is 0.708. The Bertz CT molecular complexity index is 402. The third-order valence-electron chi connectivity index (χ3n) is 4.08. The summed E-state index contributed by atoms with van der Waals surface area (Å²) in [5.41, 5.74) is 2.79. The lowest BCUT2D eigenvalue weighted by Gasteiger charge is -2.16. The average molecular weight is 290 g/mol. The number of likely N-dealkylation sites (tertiary alicyclic amines) is 1. The lowest BCUT2D eigenvalue weighted by Crippen LogP contribution is -2.21. The maximum Gasteiger partial charge on any atom is 0.0503 e. The molecule has 1 atom stereocenters. The van der Waals surface area contributed by atoms with Crippen LogP contribution in [-0.4, -0.2) is 38.3 Å². The summed E-state index contributed by atoms with van der Waals surface area (Å²) in [4.78, 5) is 2.54. The van der Waals surface area contributed by atoms with Crippen LogP contribution in [0.3, 0.4) is 0 Å². The number of hydrogen-bond acceptors (Lipinski definition) is 3. The molecule has 0 bridgehead atoms. The van der Waals surface area contributed by atoms with E-state index >= 15 is 0 Å². The molecule has 0 saturated carbocycles. The fourth-order valence-electron chi connectivity index (χ4n) is 2.95. The van der Waals surface area contributed by atoms with Gasteiger partial charge in [-0.2, -0.15) is 0 Å². The van der Waals surface area contributed by atoms with Gasteiger partial charge in [-0.25, -0.2) is 0 Å². The summed E-state index contributed by atoms with van der Waals surface area (Å²) in [7, 11) is 1.80. The van der Waals surface area contributed by atoms with Crippen LogP contribution in [0.1, 0.15) is 31.4 Å². The number of benzene rings is 1. The summed E-state index contributed by atoms with van der Waals surface area (Å²) in [5, 5.41) is 3.49. The second kappa shape index (κ2) is 8.52. The summed E-state index contributed by atoms with van der Waals surface area (Å²) in [5.74, 6) is 1.42. The van der Waals surface area contributed by atoms with Crippen LogP contribution in [0.4, 0.5) is 0 Å². The highest BCUT2D eigenvalue weighted by molar-refractivity contribution is 5.22.